The van der Waals surface area contributed by atoms with Crippen molar-refractivity contribution >= 4 is 12.4 Å². The van der Waals surface area contributed by atoms with Crippen molar-refractivity contribution in [1.29, 1.82) is 0 Å². The monoisotopic (exact) mass is 150 g/mol. The molecule has 0 saturated carbocycles. The Kier molecular flexibility index (Phi) is 4.23. The Bertz CT molecular complexity index is 60.8. The third-order valence-corrected chi connectivity index (χ3v) is 0.378. The van der Waals surface area contributed by atoms with E-state index in [9.17, 15) is 13.2 Å². The minimum Gasteiger partial charge on any atom is -0.308 e. The molecule has 0 rings (SSSR count). The van der Waals surface area contributed by atoms with Crippen LogP contribution < -0.4 is 11.5 Å². The topological polar surface area (TPSA) is 52.0 Å². The van der Waals surface area contributed by atoms with Gasteiger partial charge in [0.1, 0.15) is 0 Å². The van der Waals surface area contributed by atoms with Crippen LogP contribution in [0.2, 0.25) is 0 Å². The van der Waals surface area contributed by atoms with Crippen molar-refractivity contribution in [2.75, 3.05) is 0 Å². The van der Waals surface area contributed by atoms with Crippen molar-refractivity contribution in [3.63, 3.8) is 0 Å². The minimum atomic E-state index is -4.44. The first-order valence-corrected chi connectivity index (χ1v) is 1.52. The van der Waals surface area contributed by atoms with E-state index in [1.807, 2.05) is 0 Å². The fraction of sp³-hybridized carbons (Fsp3) is 1.00. The van der Waals surface area contributed by atoms with Crippen LogP contribution in [-0.2, 0) is 0 Å². The molecule has 0 atom stereocenters. The Morgan fingerprint density at radius 2 is 1.25 bits per heavy atom. The van der Waals surface area contributed by atoms with Crippen LogP contribution in [0.25, 0.3) is 0 Å². The second-order valence-corrected chi connectivity index (χ2v) is 1.07. The maximum atomic E-state index is 10.9. The molecule has 0 unspecified atom stereocenters. The highest BCUT2D eigenvalue weighted by Gasteiger charge is 2.33. The molecule has 0 heterocycles. The molecule has 0 aliphatic heterocycles. The summed E-state index contributed by atoms with van der Waals surface area (Å²) in [5.74, 6) is 0. The molecule has 0 bridgehead atoms. The molecule has 0 aliphatic rings. The van der Waals surface area contributed by atoms with Crippen LogP contribution in [0.4, 0.5) is 13.2 Å². The predicted octanol–water partition coefficient (Wildman–Crippen LogP) is 0.214. The van der Waals surface area contributed by atoms with Crippen LogP contribution >= 0.6 is 12.4 Å². The lowest BCUT2D eigenvalue weighted by Crippen LogP contribution is -2.44. The van der Waals surface area contributed by atoms with Gasteiger partial charge >= 0.3 is 6.18 Å². The zero-order chi connectivity index (χ0) is 6.08. The Hall–Kier alpha value is -0.0000000000000000555. The van der Waals surface area contributed by atoms with Crippen molar-refractivity contribution in [2.24, 2.45) is 11.5 Å². The third kappa shape index (κ3) is 4.17. The molecular weight excluding hydrogens is 144 g/mol. The second kappa shape index (κ2) is 3.11. The van der Waals surface area contributed by atoms with Gasteiger partial charge in [0.25, 0.3) is 0 Å². The van der Waals surface area contributed by atoms with Crippen LogP contribution in [0.15, 0.2) is 0 Å². The van der Waals surface area contributed by atoms with Gasteiger partial charge < -0.3 is 11.5 Å². The molecule has 0 aromatic heterocycles. The molecule has 0 aromatic carbocycles. The lowest BCUT2D eigenvalue weighted by molar-refractivity contribution is -0.146. The van der Waals surface area contributed by atoms with E-state index in [1.165, 1.54) is 0 Å². The maximum Gasteiger partial charge on any atom is 0.416 e. The van der Waals surface area contributed by atoms with Gasteiger partial charge in [0, 0.05) is 0 Å². The minimum absolute atomic E-state index is 0. The highest BCUT2D eigenvalue weighted by Crippen LogP contribution is 2.14. The summed E-state index contributed by atoms with van der Waals surface area (Å²) in [5, 5.41) is 0. The zero-order valence-corrected chi connectivity index (χ0v) is 4.59. The zero-order valence-electron chi connectivity index (χ0n) is 3.77. The summed E-state index contributed by atoms with van der Waals surface area (Å²) >= 11 is 0. The molecule has 2 nitrogen and oxygen atoms in total. The Morgan fingerprint density at radius 1 is 1.12 bits per heavy atom. The molecular formula is C2H6ClF3N2. The highest BCUT2D eigenvalue weighted by molar-refractivity contribution is 5.85. The van der Waals surface area contributed by atoms with Crippen molar-refractivity contribution in [1.82, 2.24) is 0 Å². The van der Waals surface area contributed by atoms with Gasteiger partial charge in [-0.1, -0.05) is 0 Å². The molecule has 52 valence electrons. The van der Waals surface area contributed by atoms with Gasteiger partial charge in [-0.25, -0.2) is 0 Å². The van der Waals surface area contributed by atoms with Gasteiger partial charge in [-0.15, -0.1) is 12.4 Å². The lowest BCUT2D eigenvalue weighted by Gasteiger charge is -2.07. The van der Waals surface area contributed by atoms with Crippen LogP contribution in [0.5, 0.6) is 0 Å². The van der Waals surface area contributed by atoms with Crippen molar-refractivity contribution in [2.45, 2.75) is 12.3 Å². The first-order valence-electron chi connectivity index (χ1n) is 1.52. The normalized spacial score (nSPS) is 11.2. The summed E-state index contributed by atoms with van der Waals surface area (Å²) < 4.78 is 32.8. The van der Waals surface area contributed by atoms with Gasteiger partial charge in [-0.05, 0) is 0 Å². The number of hydrogen-bond acceptors (Lipinski definition) is 2. The van der Waals surface area contributed by atoms with E-state index < -0.39 is 12.3 Å². The quantitative estimate of drug-likeness (QED) is 0.485. The fourth-order valence-corrected chi connectivity index (χ4v) is 0. The van der Waals surface area contributed by atoms with Crippen LogP contribution in [0.3, 0.4) is 0 Å². The van der Waals surface area contributed by atoms with Gasteiger partial charge in [0.2, 0.25) is 0 Å². The Balaban J connectivity index is 0. The number of nitrogens with two attached hydrogens (primary N) is 2. The van der Waals surface area contributed by atoms with E-state index >= 15 is 0 Å². The smallest absolute Gasteiger partial charge is 0.308 e. The molecule has 0 aliphatic carbocycles. The molecule has 8 heavy (non-hydrogen) atoms. The highest BCUT2D eigenvalue weighted by atomic mass is 35.5. The molecule has 0 saturated heterocycles. The fourth-order valence-electron chi connectivity index (χ4n) is 0. The van der Waals surface area contributed by atoms with Gasteiger partial charge in [0.15, 0.2) is 6.17 Å². The number of halogens is 4. The number of rotatable bonds is 0. The lowest BCUT2D eigenvalue weighted by atomic mass is 10.5. The van der Waals surface area contributed by atoms with Crippen molar-refractivity contribution in [3.05, 3.63) is 0 Å². The van der Waals surface area contributed by atoms with E-state index in [4.69, 9.17) is 0 Å². The summed E-state index contributed by atoms with van der Waals surface area (Å²) in [6, 6.07) is 0. The number of hydrogen-bond donors (Lipinski definition) is 2. The summed E-state index contributed by atoms with van der Waals surface area (Å²) in [7, 11) is 0. The molecule has 0 fully saturated rings. The first kappa shape index (κ1) is 10.9. The number of alkyl halides is 3. The van der Waals surface area contributed by atoms with Crippen LogP contribution in [0, 0.1) is 0 Å². The predicted molar refractivity (Wildman–Crippen MR) is 25.5 cm³/mol. The van der Waals surface area contributed by atoms with E-state index in [-0.39, 0.29) is 12.4 Å². The summed E-state index contributed by atoms with van der Waals surface area (Å²) in [5.41, 5.74) is 8.44. The standard InChI is InChI=1S/C2H5F3N2.ClH/c3-2(4,5)1(6)7;/h1H,6-7H2;1H. The van der Waals surface area contributed by atoms with Crippen LogP contribution in [-0.4, -0.2) is 12.3 Å². The summed E-state index contributed by atoms with van der Waals surface area (Å²) in [6.45, 7) is 0. The SMILES string of the molecule is Cl.NC(N)C(F)(F)F. The van der Waals surface area contributed by atoms with Crippen molar-refractivity contribution < 1.29 is 13.2 Å². The van der Waals surface area contributed by atoms with E-state index in [0.29, 0.717) is 0 Å². The van der Waals surface area contributed by atoms with Gasteiger partial charge in [0.05, 0.1) is 0 Å². The summed E-state index contributed by atoms with van der Waals surface area (Å²) in [4.78, 5) is 0. The second-order valence-electron chi connectivity index (χ2n) is 1.07. The van der Waals surface area contributed by atoms with Gasteiger partial charge in [-0.2, -0.15) is 13.2 Å². The third-order valence-electron chi connectivity index (χ3n) is 0.378. The average molecular weight is 151 g/mol. The molecule has 0 amide bonds. The average Bonchev–Trinajstić information content (AvgIpc) is 1.31. The first-order chi connectivity index (χ1) is 2.94. The molecule has 6 heteroatoms. The Morgan fingerprint density at radius 3 is 1.25 bits per heavy atom. The van der Waals surface area contributed by atoms with E-state index in [0.717, 1.165) is 0 Å². The van der Waals surface area contributed by atoms with Gasteiger partial charge in [-0.3, -0.25) is 0 Å². The van der Waals surface area contributed by atoms with E-state index in [2.05, 4.69) is 11.5 Å². The molecule has 4 N–H and O–H groups in total. The molecule has 0 radical (unpaired) electrons. The Labute approximate surface area is 50.4 Å². The molecule has 0 spiro atoms. The maximum absolute atomic E-state index is 10.9. The van der Waals surface area contributed by atoms with Crippen LogP contribution in [0.1, 0.15) is 0 Å². The summed E-state index contributed by atoms with van der Waals surface area (Å²) in [6.07, 6.45) is -6.65. The largest absolute Gasteiger partial charge is 0.416 e. The molecule has 0 aromatic rings. The van der Waals surface area contributed by atoms with Crippen molar-refractivity contribution in [3.8, 4) is 0 Å². The van der Waals surface area contributed by atoms with E-state index in [1.54, 1.807) is 0 Å².